The molecule has 4 N–H and O–H groups in total. The van der Waals surface area contributed by atoms with Crippen LogP contribution < -0.4 is 5.73 Å². The first-order chi connectivity index (χ1) is 4.45. The minimum atomic E-state index is -2.81. The highest BCUT2D eigenvalue weighted by Crippen LogP contribution is 1.95. The van der Waals surface area contributed by atoms with E-state index in [2.05, 4.69) is 5.73 Å². The molecular weight excluding hydrogens is 142 g/mol. The van der Waals surface area contributed by atoms with Crippen LogP contribution >= 0.6 is 0 Å². The van der Waals surface area contributed by atoms with Gasteiger partial charge in [0.25, 0.3) is 5.54 Å². The van der Waals surface area contributed by atoms with Gasteiger partial charge in [0.05, 0.1) is 0 Å². The summed E-state index contributed by atoms with van der Waals surface area (Å²) in [6.07, 6.45) is -0.336. The fourth-order valence-electron chi connectivity index (χ4n) is 0.192. The van der Waals surface area contributed by atoms with Crippen LogP contribution in [0.4, 0.5) is 0 Å². The van der Waals surface area contributed by atoms with Crippen LogP contribution in [0.5, 0.6) is 0 Å². The lowest BCUT2D eigenvalue weighted by molar-refractivity contribution is -0.157. The zero-order valence-corrected chi connectivity index (χ0v) is 4.77. The molecule has 0 aliphatic rings. The van der Waals surface area contributed by atoms with Gasteiger partial charge >= 0.3 is 11.9 Å². The van der Waals surface area contributed by atoms with Crippen LogP contribution in [0.15, 0.2) is 0 Å². The van der Waals surface area contributed by atoms with Gasteiger partial charge in [-0.1, -0.05) is 0 Å². The molecule has 0 saturated carbocycles. The molecule has 0 radical (unpaired) electrons. The number of carbonyl (C=O) groups is 3. The molecule has 0 atom stereocenters. The number of nitrogens with two attached hydrogens (primary N) is 1. The molecule has 0 saturated heterocycles. The molecule has 0 unspecified atom stereocenters. The molecule has 0 aromatic heterocycles. The van der Waals surface area contributed by atoms with Gasteiger partial charge in [0.2, 0.25) is 0 Å². The van der Waals surface area contributed by atoms with Gasteiger partial charge in [-0.2, -0.15) is 0 Å². The molecule has 6 heteroatoms. The predicted molar refractivity (Wildman–Crippen MR) is 28.3 cm³/mol. The Balaban J connectivity index is 4.72. The second-order valence-corrected chi connectivity index (χ2v) is 1.60. The summed E-state index contributed by atoms with van der Waals surface area (Å²) in [5.74, 6) is -3.76. The van der Waals surface area contributed by atoms with E-state index in [4.69, 9.17) is 10.2 Å². The fraction of sp³-hybridized carbons (Fsp3) is 0.250. The maximum absolute atomic E-state index is 9.96. The average Bonchev–Trinajstić information content (AvgIpc) is 1.85. The Bertz CT molecular complexity index is 172. The summed E-state index contributed by atoms with van der Waals surface area (Å²) in [4.78, 5) is 29.7. The minimum Gasteiger partial charge on any atom is -0.479 e. The number of hydrogen-bond donors (Lipinski definition) is 3. The number of carbonyl (C=O) groups excluding carboxylic acids is 1. The van der Waals surface area contributed by atoms with E-state index >= 15 is 0 Å². The van der Waals surface area contributed by atoms with Crippen LogP contribution in [0.1, 0.15) is 0 Å². The number of aliphatic carboxylic acids is 2. The van der Waals surface area contributed by atoms with Crippen molar-refractivity contribution < 1.29 is 24.6 Å². The number of aldehydes is 1. The topological polar surface area (TPSA) is 118 Å². The Kier molecular flexibility index (Phi) is 2.09. The summed E-state index contributed by atoms with van der Waals surface area (Å²) in [5.41, 5.74) is 1.81. The second-order valence-electron chi connectivity index (χ2n) is 1.60. The lowest BCUT2D eigenvalue weighted by Crippen LogP contribution is -2.56. The van der Waals surface area contributed by atoms with Crippen LogP contribution in [0.2, 0.25) is 0 Å². The first-order valence-electron chi connectivity index (χ1n) is 2.17. The zero-order valence-electron chi connectivity index (χ0n) is 4.77. The molecule has 56 valence electrons. The van der Waals surface area contributed by atoms with Gasteiger partial charge in [0, 0.05) is 0 Å². The van der Waals surface area contributed by atoms with Crippen LogP contribution in [-0.2, 0) is 14.4 Å². The van der Waals surface area contributed by atoms with E-state index < -0.39 is 17.5 Å². The van der Waals surface area contributed by atoms with Gasteiger partial charge in [0.1, 0.15) is 0 Å². The molecule has 0 heterocycles. The van der Waals surface area contributed by atoms with Gasteiger partial charge in [-0.05, 0) is 0 Å². The quantitative estimate of drug-likeness (QED) is 0.315. The van der Waals surface area contributed by atoms with E-state index in [0.717, 1.165) is 0 Å². The standard InChI is InChI=1S/C4H5NO5/c5-4(1-6,2(7)8)3(9)10/h1H,5H2,(H,7,8)(H,9,10). The highest BCUT2D eigenvalue weighted by Gasteiger charge is 2.42. The first-order valence-corrected chi connectivity index (χ1v) is 2.17. The number of hydrogen-bond acceptors (Lipinski definition) is 4. The van der Waals surface area contributed by atoms with Gasteiger partial charge in [-0.3, -0.25) is 4.79 Å². The van der Waals surface area contributed by atoms with Gasteiger partial charge in [-0.15, -0.1) is 0 Å². The average molecular weight is 147 g/mol. The summed E-state index contributed by atoms with van der Waals surface area (Å²) in [6.45, 7) is 0. The molecule has 10 heavy (non-hydrogen) atoms. The lowest BCUT2D eigenvalue weighted by Gasteiger charge is -2.09. The molecule has 0 spiro atoms. The molecule has 0 bridgehead atoms. The molecular formula is C4H5NO5. The third-order valence-corrected chi connectivity index (χ3v) is 0.894. The SMILES string of the molecule is NC(C=O)(C(=O)O)C(=O)O. The van der Waals surface area contributed by atoms with E-state index in [0.29, 0.717) is 0 Å². The molecule has 6 nitrogen and oxygen atoms in total. The van der Waals surface area contributed by atoms with Crippen molar-refractivity contribution in [1.29, 1.82) is 0 Å². The van der Waals surface area contributed by atoms with Crippen molar-refractivity contribution in [2.45, 2.75) is 5.54 Å². The Hall–Kier alpha value is -1.43. The van der Waals surface area contributed by atoms with Crippen LogP contribution in [-0.4, -0.2) is 34.0 Å². The van der Waals surface area contributed by atoms with E-state index in [1.807, 2.05) is 0 Å². The third kappa shape index (κ3) is 1.11. The minimum absolute atomic E-state index is 0.336. The van der Waals surface area contributed by atoms with E-state index in [9.17, 15) is 14.4 Å². The van der Waals surface area contributed by atoms with Crippen molar-refractivity contribution in [3.8, 4) is 0 Å². The highest BCUT2D eigenvalue weighted by atomic mass is 16.4. The smallest absolute Gasteiger partial charge is 0.343 e. The highest BCUT2D eigenvalue weighted by molar-refractivity contribution is 6.17. The van der Waals surface area contributed by atoms with Crippen molar-refractivity contribution in [3.05, 3.63) is 0 Å². The number of carboxylic acids is 2. The molecule has 0 aromatic carbocycles. The van der Waals surface area contributed by atoms with Gasteiger partial charge in [-0.25, -0.2) is 9.59 Å². The number of rotatable bonds is 3. The summed E-state index contributed by atoms with van der Waals surface area (Å²) < 4.78 is 0. The Morgan fingerprint density at radius 2 is 1.60 bits per heavy atom. The fourth-order valence-corrected chi connectivity index (χ4v) is 0.192. The zero-order chi connectivity index (χ0) is 8.36. The van der Waals surface area contributed by atoms with E-state index in [1.165, 1.54) is 0 Å². The molecule has 0 amide bonds. The molecule has 0 aromatic rings. The molecule has 0 rings (SSSR count). The van der Waals surface area contributed by atoms with Gasteiger partial charge in [0.15, 0.2) is 6.29 Å². The van der Waals surface area contributed by atoms with Gasteiger partial charge < -0.3 is 15.9 Å². The molecule has 0 aliphatic carbocycles. The van der Waals surface area contributed by atoms with Crippen molar-refractivity contribution in [3.63, 3.8) is 0 Å². The maximum atomic E-state index is 9.96. The summed E-state index contributed by atoms with van der Waals surface area (Å²) in [7, 11) is 0. The normalized spacial score (nSPS) is 10.5. The van der Waals surface area contributed by atoms with Crippen LogP contribution in [0.25, 0.3) is 0 Å². The Labute approximate surface area is 55.2 Å². The Morgan fingerprint density at radius 1 is 1.30 bits per heavy atom. The van der Waals surface area contributed by atoms with Crippen LogP contribution in [0.3, 0.4) is 0 Å². The van der Waals surface area contributed by atoms with Crippen molar-refractivity contribution in [2.75, 3.05) is 0 Å². The van der Waals surface area contributed by atoms with Crippen molar-refractivity contribution in [2.24, 2.45) is 5.73 Å². The summed E-state index contributed by atoms with van der Waals surface area (Å²) >= 11 is 0. The van der Waals surface area contributed by atoms with E-state index in [-0.39, 0.29) is 6.29 Å². The summed E-state index contributed by atoms with van der Waals surface area (Å²) in [6, 6.07) is 0. The number of carboxylic acid groups (broad SMARTS) is 2. The van der Waals surface area contributed by atoms with E-state index in [1.54, 1.807) is 0 Å². The second kappa shape index (κ2) is 2.44. The lowest BCUT2D eigenvalue weighted by atomic mass is 10.1. The molecule has 0 aliphatic heterocycles. The third-order valence-electron chi connectivity index (χ3n) is 0.894. The summed E-state index contributed by atoms with van der Waals surface area (Å²) in [5, 5.41) is 16.1. The Morgan fingerprint density at radius 3 is 1.60 bits per heavy atom. The van der Waals surface area contributed by atoms with Crippen molar-refractivity contribution >= 4 is 18.2 Å². The van der Waals surface area contributed by atoms with Crippen molar-refractivity contribution in [1.82, 2.24) is 0 Å². The maximum Gasteiger partial charge on any atom is 0.343 e. The molecule has 0 fully saturated rings. The first kappa shape index (κ1) is 8.57. The predicted octanol–water partition coefficient (Wildman–Crippen LogP) is -1.95. The largest absolute Gasteiger partial charge is 0.479 e. The monoisotopic (exact) mass is 147 g/mol. The van der Waals surface area contributed by atoms with Crippen LogP contribution in [0, 0.1) is 0 Å².